The van der Waals surface area contributed by atoms with Gasteiger partial charge in [-0.3, -0.25) is 19.2 Å². The van der Waals surface area contributed by atoms with Crippen LogP contribution in [0.25, 0.3) is 0 Å². The molecule has 0 amide bonds. The van der Waals surface area contributed by atoms with Gasteiger partial charge in [0.05, 0.1) is 29.5 Å². The van der Waals surface area contributed by atoms with Crippen LogP contribution in [-0.2, 0) is 19.6 Å². The molecule has 2 aromatic carbocycles. The number of ether oxygens (including phenoxy) is 1. The van der Waals surface area contributed by atoms with E-state index in [4.69, 9.17) is 4.74 Å². The Morgan fingerprint density at radius 2 is 1.78 bits per heavy atom. The monoisotopic (exact) mass is 460 g/mol. The minimum Gasteiger partial charge on any atom is -0.466 e. The number of carbonyl (C=O) groups excluding carboxylic acids is 1. The van der Waals surface area contributed by atoms with Crippen LogP contribution in [0.4, 0.5) is 5.69 Å². The molecule has 0 saturated heterocycles. The van der Waals surface area contributed by atoms with Gasteiger partial charge in [0.15, 0.2) is 0 Å². The average Bonchev–Trinajstić information content (AvgIpc) is 2.73. The Labute approximate surface area is 188 Å². The number of esters is 1. The Kier molecular flexibility index (Phi) is 6.88. The number of nitrogens with zero attached hydrogens (tertiary/aromatic N) is 2. The van der Waals surface area contributed by atoms with Crippen LogP contribution in [0.1, 0.15) is 44.2 Å². The highest BCUT2D eigenvalue weighted by atomic mass is 32.2. The van der Waals surface area contributed by atoms with Gasteiger partial charge < -0.3 is 4.74 Å². The molecule has 0 spiro atoms. The van der Waals surface area contributed by atoms with E-state index in [0.29, 0.717) is 11.3 Å². The third-order valence-corrected chi connectivity index (χ3v) is 7.63. The summed E-state index contributed by atoms with van der Waals surface area (Å²) >= 11 is 0. The highest BCUT2D eigenvalue weighted by molar-refractivity contribution is 7.92. The van der Waals surface area contributed by atoms with Crippen LogP contribution in [0, 0.1) is 23.0 Å². The van der Waals surface area contributed by atoms with Crippen LogP contribution in [-0.4, -0.2) is 38.0 Å². The lowest BCUT2D eigenvalue weighted by atomic mass is 9.77. The van der Waals surface area contributed by atoms with Crippen molar-refractivity contribution in [1.82, 2.24) is 0 Å². The van der Waals surface area contributed by atoms with Crippen molar-refractivity contribution in [3.05, 3.63) is 69.8 Å². The van der Waals surface area contributed by atoms with Crippen molar-refractivity contribution in [2.45, 2.75) is 57.0 Å². The fourth-order valence-corrected chi connectivity index (χ4v) is 6.22. The molecule has 0 N–H and O–H groups in total. The molecule has 0 aromatic heterocycles. The lowest BCUT2D eigenvalue weighted by molar-refractivity contribution is -0.531. The predicted molar refractivity (Wildman–Crippen MR) is 121 cm³/mol. The minimum atomic E-state index is -4.10. The van der Waals surface area contributed by atoms with E-state index < -0.39 is 38.9 Å². The highest BCUT2D eigenvalue weighted by Crippen LogP contribution is 2.46. The maximum atomic E-state index is 13.8. The number of aryl methyl sites for hydroxylation is 1. The highest BCUT2D eigenvalue weighted by Gasteiger charge is 2.53. The smallest absolute Gasteiger partial charge is 0.306 e. The lowest BCUT2D eigenvalue weighted by Gasteiger charge is -2.44. The Hall–Kier alpha value is -2.94. The second-order valence-corrected chi connectivity index (χ2v) is 10.1. The molecule has 0 saturated carbocycles. The second kappa shape index (κ2) is 9.28. The van der Waals surface area contributed by atoms with Crippen LogP contribution in [0.5, 0.6) is 0 Å². The molecule has 3 rings (SSSR count). The van der Waals surface area contributed by atoms with E-state index in [1.54, 1.807) is 57.2 Å². The van der Waals surface area contributed by atoms with Crippen LogP contribution in [0.3, 0.4) is 0 Å². The zero-order valence-corrected chi connectivity index (χ0v) is 19.4. The number of nitro groups is 1. The van der Waals surface area contributed by atoms with Crippen molar-refractivity contribution in [3.63, 3.8) is 0 Å². The average molecular weight is 461 g/mol. The topological polar surface area (TPSA) is 107 Å². The van der Waals surface area contributed by atoms with E-state index in [2.05, 4.69) is 0 Å². The quantitative estimate of drug-likeness (QED) is 0.352. The van der Waals surface area contributed by atoms with Crippen molar-refractivity contribution in [2.75, 3.05) is 10.9 Å². The Morgan fingerprint density at radius 3 is 2.34 bits per heavy atom. The van der Waals surface area contributed by atoms with Crippen molar-refractivity contribution >= 4 is 21.7 Å². The fourth-order valence-electron chi connectivity index (χ4n) is 4.40. The van der Waals surface area contributed by atoms with Gasteiger partial charge >= 0.3 is 5.97 Å². The van der Waals surface area contributed by atoms with Gasteiger partial charge in [-0.1, -0.05) is 49.7 Å². The summed E-state index contributed by atoms with van der Waals surface area (Å²) in [5.74, 6) is -1.74. The molecule has 0 aliphatic carbocycles. The van der Waals surface area contributed by atoms with Gasteiger partial charge in [-0.2, -0.15) is 0 Å². The maximum Gasteiger partial charge on any atom is 0.306 e. The number of benzene rings is 2. The second-order valence-electron chi connectivity index (χ2n) is 8.30. The van der Waals surface area contributed by atoms with Gasteiger partial charge in [0.25, 0.3) is 10.0 Å². The van der Waals surface area contributed by atoms with Crippen LogP contribution < -0.4 is 4.31 Å². The van der Waals surface area contributed by atoms with Crippen LogP contribution in [0.2, 0.25) is 0 Å². The summed E-state index contributed by atoms with van der Waals surface area (Å²) in [6.45, 7) is 7.21. The summed E-state index contributed by atoms with van der Waals surface area (Å²) in [6, 6.07) is 10.8. The molecule has 1 heterocycles. The van der Waals surface area contributed by atoms with Gasteiger partial charge in [-0.05, 0) is 43.5 Å². The van der Waals surface area contributed by atoms with Gasteiger partial charge in [-0.25, -0.2) is 8.42 Å². The first kappa shape index (κ1) is 23.7. The number of carbonyl (C=O) groups is 1. The number of para-hydroxylation sites is 1. The molecule has 0 bridgehead atoms. The van der Waals surface area contributed by atoms with Crippen molar-refractivity contribution in [1.29, 1.82) is 0 Å². The summed E-state index contributed by atoms with van der Waals surface area (Å²) in [5, 5.41) is 12.3. The summed E-state index contributed by atoms with van der Waals surface area (Å²) in [4.78, 5) is 24.2. The predicted octanol–water partition coefficient (Wildman–Crippen LogP) is 3.91. The Bertz CT molecular complexity index is 1100. The number of rotatable bonds is 7. The SMILES string of the molecule is CCOC(=O)C[C@@H]1c2ccccc2N(S(=O)(=O)c2ccc(C)cc2)[C@H](C(C)C)[C@H]1[N+](=O)[O-]. The van der Waals surface area contributed by atoms with Crippen molar-refractivity contribution in [2.24, 2.45) is 5.92 Å². The molecule has 0 unspecified atom stereocenters. The first-order valence-electron chi connectivity index (χ1n) is 10.6. The summed E-state index contributed by atoms with van der Waals surface area (Å²) in [5.41, 5.74) is 1.72. The number of anilines is 1. The molecule has 172 valence electrons. The third-order valence-electron chi connectivity index (χ3n) is 5.80. The van der Waals surface area contributed by atoms with Gasteiger partial charge in [0.1, 0.15) is 6.04 Å². The van der Waals surface area contributed by atoms with Gasteiger partial charge in [-0.15, -0.1) is 0 Å². The van der Waals surface area contributed by atoms with E-state index >= 15 is 0 Å². The molecule has 9 heteroatoms. The molecular weight excluding hydrogens is 432 g/mol. The Morgan fingerprint density at radius 1 is 1.16 bits per heavy atom. The first-order chi connectivity index (χ1) is 15.1. The van der Waals surface area contributed by atoms with E-state index in [1.165, 1.54) is 16.4 Å². The normalized spacial score (nSPS) is 20.7. The maximum absolute atomic E-state index is 13.8. The Balaban J connectivity index is 2.25. The molecule has 8 nitrogen and oxygen atoms in total. The van der Waals surface area contributed by atoms with Crippen molar-refractivity contribution < 1.29 is 22.9 Å². The molecule has 0 radical (unpaired) electrons. The molecule has 0 fully saturated rings. The summed E-state index contributed by atoms with van der Waals surface area (Å²) < 4.78 is 33.8. The molecule has 32 heavy (non-hydrogen) atoms. The molecular formula is C23H28N2O6S. The lowest BCUT2D eigenvalue weighted by Crippen LogP contribution is -2.58. The van der Waals surface area contributed by atoms with E-state index in [1.807, 2.05) is 6.92 Å². The summed E-state index contributed by atoms with van der Waals surface area (Å²) in [6.07, 6.45) is -0.196. The first-order valence-corrected chi connectivity index (χ1v) is 12.0. The van der Waals surface area contributed by atoms with Crippen LogP contribution in [0.15, 0.2) is 53.4 Å². The van der Waals surface area contributed by atoms with Crippen LogP contribution >= 0.6 is 0 Å². The molecule has 3 atom stereocenters. The number of hydrogen-bond donors (Lipinski definition) is 0. The number of fused-ring (bicyclic) bond motifs is 1. The standard InChI is InChI=1S/C23H28N2O6S/c1-5-31-21(26)14-19-18-8-6-7-9-20(18)24(22(15(2)3)23(19)25(27)28)32(29,30)17-12-10-16(4)11-13-17/h6-13,15,19,22-23H,5,14H2,1-4H3/t19-,22-,23+/m1/s1. The third kappa shape index (κ3) is 4.34. The van der Waals surface area contributed by atoms with E-state index in [9.17, 15) is 23.3 Å². The zero-order valence-electron chi connectivity index (χ0n) is 18.6. The molecule has 2 aromatic rings. The molecule has 1 aliphatic rings. The zero-order chi connectivity index (χ0) is 23.6. The van der Waals surface area contributed by atoms with Gasteiger partial charge in [0, 0.05) is 4.92 Å². The van der Waals surface area contributed by atoms with Gasteiger partial charge in [0.2, 0.25) is 6.04 Å². The fraction of sp³-hybridized carbons (Fsp3) is 0.435. The van der Waals surface area contributed by atoms with E-state index in [-0.39, 0.29) is 23.8 Å². The molecule has 1 aliphatic heterocycles. The number of hydrogen-bond acceptors (Lipinski definition) is 6. The van der Waals surface area contributed by atoms with Crippen molar-refractivity contribution in [3.8, 4) is 0 Å². The largest absolute Gasteiger partial charge is 0.466 e. The number of sulfonamides is 1. The minimum absolute atomic E-state index is 0.0643. The summed E-state index contributed by atoms with van der Waals surface area (Å²) in [7, 11) is -4.10. The van der Waals surface area contributed by atoms with E-state index in [0.717, 1.165) is 5.56 Å².